The van der Waals surface area contributed by atoms with Gasteiger partial charge in [-0.3, -0.25) is 10.0 Å². The number of benzene rings is 2. The second-order valence-corrected chi connectivity index (χ2v) is 6.50. The summed E-state index contributed by atoms with van der Waals surface area (Å²) in [6.45, 7) is 1.85. The summed E-state index contributed by atoms with van der Waals surface area (Å²) in [5.41, 5.74) is 4.98. The first-order chi connectivity index (χ1) is 12.2. The highest BCUT2D eigenvalue weighted by molar-refractivity contribution is 5.93. The first-order valence-electron chi connectivity index (χ1n) is 8.27. The van der Waals surface area contributed by atoms with E-state index in [1.165, 1.54) is 0 Å². The molecule has 1 amide bonds. The predicted molar refractivity (Wildman–Crippen MR) is 93.7 cm³/mol. The molecule has 2 fully saturated rings. The summed E-state index contributed by atoms with van der Waals surface area (Å²) in [5.74, 6) is -0.502. The maximum atomic E-state index is 11.4. The third-order valence-corrected chi connectivity index (χ3v) is 5.11. The second kappa shape index (κ2) is 6.11. The van der Waals surface area contributed by atoms with Crippen molar-refractivity contribution in [2.45, 2.75) is 18.5 Å². The van der Waals surface area contributed by atoms with Crippen LogP contribution in [0.4, 0.5) is 11.4 Å². The molecular formula is C19H18N4O2. The summed E-state index contributed by atoms with van der Waals surface area (Å²) >= 11 is 0. The highest BCUT2D eigenvalue weighted by Gasteiger charge is 2.43. The van der Waals surface area contributed by atoms with Gasteiger partial charge in [0, 0.05) is 42.1 Å². The molecule has 2 saturated heterocycles. The molecule has 0 aromatic heterocycles. The number of rotatable bonds is 3. The lowest BCUT2D eigenvalue weighted by Crippen LogP contribution is -2.46. The Labute approximate surface area is 145 Å². The fourth-order valence-corrected chi connectivity index (χ4v) is 3.92. The van der Waals surface area contributed by atoms with Crippen LogP contribution in [0.15, 0.2) is 48.5 Å². The number of fused-ring (bicyclic) bond motifs is 2. The zero-order chi connectivity index (χ0) is 17.4. The molecule has 25 heavy (non-hydrogen) atoms. The standard InChI is InChI=1S/C19H18N4O2/c20-10-13-2-1-3-16(8-13)23-12-17-9-18(23)11-22(17)15-6-4-14(5-7-15)19(24)21-25/h1-8,17-18,25H,9,11-12H2,(H,21,24)/t17-,18+/m1/s1. The van der Waals surface area contributed by atoms with Crippen LogP contribution in [0.3, 0.4) is 0 Å². The number of nitriles is 1. The van der Waals surface area contributed by atoms with Gasteiger partial charge in [0.15, 0.2) is 0 Å². The number of carbonyl (C=O) groups excluding carboxylic acids is 1. The maximum Gasteiger partial charge on any atom is 0.274 e. The smallest absolute Gasteiger partial charge is 0.274 e. The van der Waals surface area contributed by atoms with Crippen molar-refractivity contribution in [3.63, 3.8) is 0 Å². The molecule has 0 spiro atoms. The molecule has 2 aliphatic heterocycles. The van der Waals surface area contributed by atoms with Gasteiger partial charge in [-0.2, -0.15) is 5.26 Å². The minimum atomic E-state index is -0.502. The molecule has 2 aromatic carbocycles. The van der Waals surface area contributed by atoms with Crippen LogP contribution < -0.4 is 15.3 Å². The Morgan fingerprint density at radius 3 is 2.36 bits per heavy atom. The van der Waals surface area contributed by atoms with E-state index in [9.17, 15) is 4.79 Å². The number of hydrogen-bond donors (Lipinski definition) is 2. The van der Waals surface area contributed by atoms with E-state index < -0.39 is 5.91 Å². The summed E-state index contributed by atoms with van der Waals surface area (Å²) < 4.78 is 0. The lowest BCUT2D eigenvalue weighted by atomic mass is 10.1. The van der Waals surface area contributed by atoms with Gasteiger partial charge in [0.25, 0.3) is 5.91 Å². The second-order valence-electron chi connectivity index (χ2n) is 6.50. The fraction of sp³-hybridized carbons (Fsp3) is 0.263. The van der Waals surface area contributed by atoms with Crippen molar-refractivity contribution in [3.05, 3.63) is 59.7 Å². The number of hydroxylamine groups is 1. The Morgan fingerprint density at radius 2 is 1.76 bits per heavy atom. The van der Waals surface area contributed by atoms with Crippen molar-refractivity contribution < 1.29 is 10.0 Å². The molecule has 0 radical (unpaired) electrons. The SMILES string of the molecule is N#Cc1cccc(N2C[C@H]3C[C@H]2CN3c2ccc(C(=O)NO)cc2)c1. The minimum Gasteiger partial charge on any atom is -0.365 e. The lowest BCUT2D eigenvalue weighted by molar-refractivity contribution is 0.0706. The van der Waals surface area contributed by atoms with E-state index in [0.717, 1.165) is 30.9 Å². The van der Waals surface area contributed by atoms with Crippen molar-refractivity contribution in [2.24, 2.45) is 0 Å². The maximum absolute atomic E-state index is 11.4. The molecule has 2 bridgehead atoms. The van der Waals surface area contributed by atoms with Crippen LogP contribution in [0.2, 0.25) is 0 Å². The highest BCUT2D eigenvalue weighted by atomic mass is 16.5. The largest absolute Gasteiger partial charge is 0.365 e. The van der Waals surface area contributed by atoms with Gasteiger partial charge < -0.3 is 9.80 Å². The number of piperazine rings is 1. The number of amides is 1. The van der Waals surface area contributed by atoms with Gasteiger partial charge in [-0.05, 0) is 48.9 Å². The van der Waals surface area contributed by atoms with E-state index in [0.29, 0.717) is 23.2 Å². The number of anilines is 2. The van der Waals surface area contributed by atoms with Gasteiger partial charge in [0.2, 0.25) is 0 Å². The van der Waals surface area contributed by atoms with Gasteiger partial charge in [-0.1, -0.05) is 6.07 Å². The van der Waals surface area contributed by atoms with Crippen LogP contribution >= 0.6 is 0 Å². The lowest BCUT2D eigenvalue weighted by Gasteiger charge is -2.37. The van der Waals surface area contributed by atoms with Crippen molar-refractivity contribution in [1.82, 2.24) is 5.48 Å². The summed E-state index contributed by atoms with van der Waals surface area (Å²) in [5, 5.41) is 17.8. The molecule has 4 rings (SSSR count). The van der Waals surface area contributed by atoms with Crippen molar-refractivity contribution >= 4 is 17.3 Å². The van der Waals surface area contributed by atoms with Crippen LogP contribution in [-0.4, -0.2) is 36.3 Å². The van der Waals surface area contributed by atoms with Gasteiger partial charge in [-0.25, -0.2) is 5.48 Å². The number of nitrogens with zero attached hydrogens (tertiary/aromatic N) is 3. The topological polar surface area (TPSA) is 79.6 Å². The Bertz CT molecular complexity index is 843. The Morgan fingerprint density at radius 1 is 1.08 bits per heavy atom. The number of nitrogens with one attached hydrogen (secondary N) is 1. The summed E-state index contributed by atoms with van der Waals surface area (Å²) in [6, 6.07) is 18.1. The van der Waals surface area contributed by atoms with Gasteiger partial charge >= 0.3 is 0 Å². The van der Waals surface area contributed by atoms with Crippen LogP contribution in [0, 0.1) is 11.3 Å². The minimum absolute atomic E-state index is 0.424. The molecule has 2 aliphatic rings. The number of carbonyl (C=O) groups is 1. The molecule has 2 aromatic rings. The molecule has 0 saturated carbocycles. The fourth-order valence-electron chi connectivity index (χ4n) is 3.92. The van der Waals surface area contributed by atoms with Crippen molar-refractivity contribution in [1.29, 1.82) is 5.26 Å². The molecule has 2 atom stereocenters. The van der Waals surface area contributed by atoms with Crippen LogP contribution in [-0.2, 0) is 0 Å². The molecule has 6 nitrogen and oxygen atoms in total. The monoisotopic (exact) mass is 334 g/mol. The van der Waals surface area contributed by atoms with E-state index in [2.05, 4.69) is 21.9 Å². The molecule has 126 valence electrons. The van der Waals surface area contributed by atoms with Crippen LogP contribution in [0.5, 0.6) is 0 Å². The summed E-state index contributed by atoms with van der Waals surface area (Å²) in [7, 11) is 0. The van der Waals surface area contributed by atoms with Crippen LogP contribution in [0.25, 0.3) is 0 Å². The van der Waals surface area contributed by atoms with Crippen LogP contribution in [0.1, 0.15) is 22.3 Å². The third-order valence-electron chi connectivity index (χ3n) is 5.11. The van der Waals surface area contributed by atoms with E-state index >= 15 is 0 Å². The molecular weight excluding hydrogens is 316 g/mol. The van der Waals surface area contributed by atoms with Crippen molar-refractivity contribution in [3.8, 4) is 6.07 Å². The zero-order valence-corrected chi connectivity index (χ0v) is 13.6. The van der Waals surface area contributed by atoms with E-state index in [4.69, 9.17) is 10.5 Å². The predicted octanol–water partition coefficient (Wildman–Crippen LogP) is 2.14. The average molecular weight is 334 g/mol. The molecule has 2 N–H and O–H groups in total. The normalized spacial score (nSPS) is 21.3. The van der Waals surface area contributed by atoms with E-state index in [1.807, 2.05) is 30.3 Å². The van der Waals surface area contributed by atoms with Crippen molar-refractivity contribution in [2.75, 3.05) is 22.9 Å². The quantitative estimate of drug-likeness (QED) is 0.664. The van der Waals surface area contributed by atoms with E-state index in [-0.39, 0.29) is 0 Å². The first-order valence-corrected chi connectivity index (χ1v) is 8.27. The summed E-state index contributed by atoms with van der Waals surface area (Å²) in [4.78, 5) is 16.2. The zero-order valence-electron chi connectivity index (χ0n) is 13.6. The molecule has 0 aliphatic carbocycles. The highest BCUT2D eigenvalue weighted by Crippen LogP contribution is 2.37. The summed E-state index contributed by atoms with van der Waals surface area (Å²) in [6.07, 6.45) is 1.09. The molecule has 0 unspecified atom stereocenters. The van der Waals surface area contributed by atoms with Gasteiger partial charge in [0.05, 0.1) is 11.6 Å². The first kappa shape index (κ1) is 15.5. The Hall–Kier alpha value is -3.04. The third kappa shape index (κ3) is 2.69. The average Bonchev–Trinajstić information content (AvgIpc) is 3.28. The Balaban J connectivity index is 1.49. The van der Waals surface area contributed by atoms with E-state index in [1.54, 1.807) is 17.6 Å². The van der Waals surface area contributed by atoms with Gasteiger partial charge in [-0.15, -0.1) is 0 Å². The Kier molecular flexibility index (Phi) is 3.79. The molecule has 6 heteroatoms. The number of hydrogen-bond acceptors (Lipinski definition) is 5. The molecule has 2 heterocycles. The van der Waals surface area contributed by atoms with Gasteiger partial charge in [0.1, 0.15) is 0 Å².